The summed E-state index contributed by atoms with van der Waals surface area (Å²) in [6.45, 7) is 0.652. The van der Waals surface area contributed by atoms with Gasteiger partial charge >= 0.3 is 0 Å². The summed E-state index contributed by atoms with van der Waals surface area (Å²) in [6.07, 6.45) is 7.65. The molecular formula is C21H24FN3OS. The highest BCUT2D eigenvalue weighted by Gasteiger charge is 2.19. The van der Waals surface area contributed by atoms with Crippen LogP contribution in [-0.2, 0) is 6.54 Å². The van der Waals surface area contributed by atoms with E-state index in [9.17, 15) is 9.18 Å². The third kappa shape index (κ3) is 3.96. The minimum Gasteiger partial charge on any atom is -0.309 e. The first kappa shape index (κ1) is 18.3. The average Bonchev–Trinajstić information content (AvgIpc) is 2.89. The standard InChI is InChI=1S/C21H24FN3OS/c1-25(16-6-4-2-3-5-7-16)12-18-23-20(26)19-17(13-27-21(19)24-18)14-8-10-15(22)11-9-14/h8-11,13,16H,2-7,12H2,1H3,(H,23,24,26). The zero-order chi connectivity index (χ0) is 18.8. The highest BCUT2D eigenvalue weighted by atomic mass is 32.1. The molecule has 2 heterocycles. The second kappa shape index (κ2) is 7.90. The van der Waals surface area contributed by atoms with Gasteiger partial charge in [-0.3, -0.25) is 9.69 Å². The van der Waals surface area contributed by atoms with Crippen molar-refractivity contribution in [2.45, 2.75) is 51.1 Å². The van der Waals surface area contributed by atoms with Gasteiger partial charge in [-0.25, -0.2) is 9.37 Å². The molecule has 0 bridgehead atoms. The molecule has 6 heteroatoms. The van der Waals surface area contributed by atoms with Gasteiger partial charge in [-0.05, 0) is 37.6 Å². The van der Waals surface area contributed by atoms with Gasteiger partial charge in [0, 0.05) is 17.0 Å². The fourth-order valence-corrected chi connectivity index (χ4v) is 4.94. The Morgan fingerprint density at radius 1 is 1.19 bits per heavy atom. The molecule has 4 nitrogen and oxygen atoms in total. The Morgan fingerprint density at radius 2 is 1.89 bits per heavy atom. The molecule has 27 heavy (non-hydrogen) atoms. The molecule has 3 aromatic rings. The largest absolute Gasteiger partial charge is 0.309 e. The molecular weight excluding hydrogens is 361 g/mol. The monoisotopic (exact) mass is 385 g/mol. The summed E-state index contributed by atoms with van der Waals surface area (Å²) in [7, 11) is 2.12. The van der Waals surface area contributed by atoms with Crippen LogP contribution < -0.4 is 5.56 Å². The molecule has 0 saturated heterocycles. The Balaban J connectivity index is 1.61. The molecule has 0 radical (unpaired) electrons. The SMILES string of the molecule is CN(Cc1nc2scc(-c3ccc(F)cc3)c2c(=O)[nH]1)C1CCCCCC1. The fraction of sp³-hybridized carbons (Fsp3) is 0.429. The van der Waals surface area contributed by atoms with Crippen molar-refractivity contribution >= 4 is 21.6 Å². The van der Waals surface area contributed by atoms with Gasteiger partial charge in [0.1, 0.15) is 16.5 Å². The second-order valence-corrected chi connectivity index (χ2v) is 8.27. The quantitative estimate of drug-likeness (QED) is 0.647. The molecule has 1 aliphatic carbocycles. The molecule has 1 aromatic carbocycles. The number of H-pyrrole nitrogens is 1. The number of benzene rings is 1. The van der Waals surface area contributed by atoms with E-state index in [2.05, 4.69) is 16.9 Å². The molecule has 1 saturated carbocycles. The lowest BCUT2D eigenvalue weighted by Gasteiger charge is -2.26. The lowest BCUT2D eigenvalue weighted by molar-refractivity contribution is 0.208. The number of halogens is 1. The lowest BCUT2D eigenvalue weighted by atomic mass is 10.1. The summed E-state index contributed by atoms with van der Waals surface area (Å²) in [5.74, 6) is 0.431. The predicted octanol–water partition coefficient (Wildman–Crippen LogP) is 4.95. The van der Waals surface area contributed by atoms with Gasteiger partial charge in [0.2, 0.25) is 0 Å². The number of nitrogens with zero attached hydrogens (tertiary/aromatic N) is 2. The third-order valence-corrected chi connectivity index (χ3v) is 6.37. The summed E-state index contributed by atoms with van der Waals surface area (Å²) in [4.78, 5) is 23.5. The van der Waals surface area contributed by atoms with Crippen molar-refractivity contribution in [1.82, 2.24) is 14.9 Å². The minimum absolute atomic E-state index is 0.121. The number of aromatic nitrogens is 2. The molecule has 1 N–H and O–H groups in total. The van der Waals surface area contributed by atoms with Crippen molar-refractivity contribution in [3.05, 3.63) is 51.6 Å². The van der Waals surface area contributed by atoms with E-state index in [1.165, 1.54) is 62.0 Å². The van der Waals surface area contributed by atoms with Gasteiger partial charge in [0.15, 0.2) is 0 Å². The van der Waals surface area contributed by atoms with Crippen molar-refractivity contribution in [1.29, 1.82) is 0 Å². The van der Waals surface area contributed by atoms with Crippen molar-refractivity contribution in [2.24, 2.45) is 0 Å². The Morgan fingerprint density at radius 3 is 2.59 bits per heavy atom. The number of thiophene rings is 1. The highest BCUT2D eigenvalue weighted by molar-refractivity contribution is 7.17. The number of fused-ring (bicyclic) bond motifs is 1. The van der Waals surface area contributed by atoms with Crippen molar-refractivity contribution in [3.8, 4) is 11.1 Å². The maximum absolute atomic E-state index is 13.2. The van der Waals surface area contributed by atoms with Crippen LogP contribution >= 0.6 is 11.3 Å². The maximum atomic E-state index is 13.2. The van der Waals surface area contributed by atoms with E-state index in [-0.39, 0.29) is 11.4 Å². The molecule has 1 fully saturated rings. The lowest BCUT2D eigenvalue weighted by Crippen LogP contribution is -2.32. The zero-order valence-corrected chi connectivity index (χ0v) is 16.3. The van der Waals surface area contributed by atoms with Crippen LogP contribution in [0.4, 0.5) is 4.39 Å². The maximum Gasteiger partial charge on any atom is 0.260 e. The number of hydrogen-bond donors (Lipinski definition) is 1. The topological polar surface area (TPSA) is 49.0 Å². The minimum atomic E-state index is -0.283. The molecule has 0 aliphatic heterocycles. The Bertz CT molecular complexity index is 971. The van der Waals surface area contributed by atoms with Crippen molar-refractivity contribution in [2.75, 3.05) is 7.05 Å². The molecule has 0 atom stereocenters. The van der Waals surface area contributed by atoms with Gasteiger partial charge in [0.05, 0.1) is 11.9 Å². The van der Waals surface area contributed by atoms with Crippen LogP contribution in [0.3, 0.4) is 0 Å². The normalized spacial score (nSPS) is 16.1. The molecule has 2 aromatic heterocycles. The van der Waals surface area contributed by atoms with E-state index in [0.29, 0.717) is 23.8 Å². The molecule has 0 spiro atoms. The molecule has 0 amide bonds. The van der Waals surface area contributed by atoms with Gasteiger partial charge in [0.25, 0.3) is 5.56 Å². The van der Waals surface area contributed by atoms with Crippen LogP contribution in [0.15, 0.2) is 34.4 Å². The fourth-order valence-electron chi connectivity index (χ4n) is 3.97. The first-order chi connectivity index (χ1) is 13.1. The van der Waals surface area contributed by atoms with E-state index in [1.807, 2.05) is 5.38 Å². The van der Waals surface area contributed by atoms with Gasteiger partial charge in [-0.2, -0.15) is 0 Å². The molecule has 1 aliphatic rings. The van der Waals surface area contributed by atoms with Crippen LogP contribution in [0.2, 0.25) is 0 Å². The summed E-state index contributed by atoms with van der Waals surface area (Å²) in [5.41, 5.74) is 1.52. The summed E-state index contributed by atoms with van der Waals surface area (Å²) < 4.78 is 13.2. The average molecular weight is 386 g/mol. The van der Waals surface area contributed by atoms with E-state index in [1.54, 1.807) is 12.1 Å². The van der Waals surface area contributed by atoms with Crippen molar-refractivity contribution < 1.29 is 4.39 Å². The second-order valence-electron chi connectivity index (χ2n) is 7.41. The van der Waals surface area contributed by atoms with Crippen LogP contribution in [0.5, 0.6) is 0 Å². The van der Waals surface area contributed by atoms with E-state index < -0.39 is 0 Å². The Labute approximate surface area is 162 Å². The first-order valence-corrected chi connectivity index (χ1v) is 10.5. The van der Waals surface area contributed by atoms with Crippen LogP contribution in [-0.4, -0.2) is 28.0 Å². The predicted molar refractivity (Wildman–Crippen MR) is 109 cm³/mol. The van der Waals surface area contributed by atoms with E-state index >= 15 is 0 Å². The van der Waals surface area contributed by atoms with Crippen LogP contribution in [0.25, 0.3) is 21.3 Å². The highest BCUT2D eigenvalue weighted by Crippen LogP contribution is 2.31. The van der Waals surface area contributed by atoms with Crippen LogP contribution in [0, 0.1) is 5.82 Å². The van der Waals surface area contributed by atoms with E-state index in [4.69, 9.17) is 4.98 Å². The number of rotatable bonds is 4. The summed E-state index contributed by atoms with van der Waals surface area (Å²) in [5, 5.41) is 2.52. The first-order valence-electron chi connectivity index (χ1n) is 9.58. The number of hydrogen-bond acceptors (Lipinski definition) is 4. The molecule has 0 unspecified atom stereocenters. The molecule has 142 valence electrons. The third-order valence-electron chi connectivity index (χ3n) is 5.50. The van der Waals surface area contributed by atoms with Crippen LogP contribution in [0.1, 0.15) is 44.3 Å². The summed E-state index contributed by atoms with van der Waals surface area (Å²) >= 11 is 1.46. The van der Waals surface area contributed by atoms with Gasteiger partial charge < -0.3 is 4.98 Å². The Hall–Kier alpha value is -2.05. The summed E-state index contributed by atoms with van der Waals surface area (Å²) in [6, 6.07) is 6.78. The van der Waals surface area contributed by atoms with E-state index in [0.717, 1.165) is 16.0 Å². The molecule has 4 rings (SSSR count). The zero-order valence-electron chi connectivity index (χ0n) is 15.5. The van der Waals surface area contributed by atoms with Gasteiger partial charge in [-0.15, -0.1) is 11.3 Å². The Kier molecular flexibility index (Phi) is 5.36. The van der Waals surface area contributed by atoms with Gasteiger partial charge in [-0.1, -0.05) is 37.8 Å². The smallest absolute Gasteiger partial charge is 0.260 e. The number of aromatic amines is 1. The van der Waals surface area contributed by atoms with Crippen molar-refractivity contribution in [3.63, 3.8) is 0 Å². The number of nitrogens with one attached hydrogen (secondary N) is 1.